The number of hydrogen-bond acceptors (Lipinski definition) is 3. The Morgan fingerprint density at radius 1 is 1.20 bits per heavy atom. The van der Waals surface area contributed by atoms with Gasteiger partial charge >= 0.3 is 6.43 Å². The number of benzene rings is 1. The molecular weight excluding hydrogens is 250 g/mol. The molecule has 0 saturated heterocycles. The maximum Gasteiger partial charge on any atom is 0.300 e. The molecule has 82 valence electrons. The summed E-state index contributed by atoms with van der Waals surface area (Å²) in [6.07, 6.45) is -3.11. The van der Waals surface area contributed by atoms with Crippen LogP contribution in [0.15, 0.2) is 29.2 Å². The summed E-state index contributed by atoms with van der Waals surface area (Å²) in [7, 11) is 1.10. The number of carbonyl (C=O) groups excluding carboxylic acids is 1. The Hall–Kier alpha value is -1.01. The van der Waals surface area contributed by atoms with Crippen LogP contribution in [0.2, 0.25) is 0 Å². The SMILES string of the molecule is O=C(c1ccc(S(=O)(=O)Cl)cc1)C(F)F. The third kappa shape index (κ3) is 2.97. The molecule has 0 bridgehead atoms. The molecule has 0 aliphatic rings. The highest BCUT2D eigenvalue weighted by molar-refractivity contribution is 8.13. The Morgan fingerprint density at radius 2 is 1.67 bits per heavy atom. The van der Waals surface area contributed by atoms with Crippen molar-refractivity contribution in [3.8, 4) is 0 Å². The molecule has 1 rings (SSSR count). The fraction of sp³-hybridized carbons (Fsp3) is 0.125. The summed E-state index contributed by atoms with van der Waals surface area (Å²) in [5.74, 6) is -1.35. The molecule has 3 nitrogen and oxygen atoms in total. The molecule has 15 heavy (non-hydrogen) atoms. The average molecular weight is 255 g/mol. The predicted molar refractivity (Wildman–Crippen MR) is 49.8 cm³/mol. The van der Waals surface area contributed by atoms with Gasteiger partial charge in [0.05, 0.1) is 4.90 Å². The first-order chi connectivity index (χ1) is 6.82. The fourth-order valence-corrected chi connectivity index (χ4v) is 1.68. The van der Waals surface area contributed by atoms with Gasteiger partial charge in [0.15, 0.2) is 0 Å². The molecule has 1 aromatic rings. The highest BCUT2D eigenvalue weighted by Gasteiger charge is 2.18. The molecule has 0 saturated carbocycles. The van der Waals surface area contributed by atoms with E-state index in [0.29, 0.717) is 0 Å². The number of hydrogen-bond donors (Lipinski definition) is 0. The predicted octanol–water partition coefficient (Wildman–Crippen LogP) is 2.06. The summed E-state index contributed by atoms with van der Waals surface area (Å²) >= 11 is 0. The van der Waals surface area contributed by atoms with E-state index < -0.39 is 21.3 Å². The highest BCUT2D eigenvalue weighted by atomic mass is 35.7. The summed E-state index contributed by atoms with van der Waals surface area (Å²) in [6.45, 7) is 0. The van der Waals surface area contributed by atoms with E-state index >= 15 is 0 Å². The van der Waals surface area contributed by atoms with Crippen molar-refractivity contribution in [2.75, 3.05) is 0 Å². The lowest BCUT2D eigenvalue weighted by atomic mass is 10.1. The van der Waals surface area contributed by atoms with Gasteiger partial charge in [0, 0.05) is 16.2 Å². The molecule has 0 fully saturated rings. The van der Waals surface area contributed by atoms with E-state index in [4.69, 9.17) is 10.7 Å². The van der Waals surface area contributed by atoms with E-state index in [9.17, 15) is 22.0 Å². The van der Waals surface area contributed by atoms with Gasteiger partial charge in [-0.2, -0.15) is 0 Å². The molecule has 0 amide bonds. The van der Waals surface area contributed by atoms with Gasteiger partial charge in [-0.25, -0.2) is 17.2 Å². The van der Waals surface area contributed by atoms with E-state index in [-0.39, 0.29) is 10.5 Å². The van der Waals surface area contributed by atoms with Crippen LogP contribution in [-0.2, 0) is 9.05 Å². The molecule has 0 spiro atoms. The van der Waals surface area contributed by atoms with E-state index in [1.54, 1.807) is 0 Å². The van der Waals surface area contributed by atoms with Crippen LogP contribution in [0.3, 0.4) is 0 Å². The van der Waals surface area contributed by atoms with Gasteiger partial charge in [-0.1, -0.05) is 0 Å². The minimum atomic E-state index is -3.89. The average Bonchev–Trinajstić information content (AvgIpc) is 2.15. The number of carbonyl (C=O) groups is 1. The van der Waals surface area contributed by atoms with Gasteiger partial charge in [-0.15, -0.1) is 0 Å². The van der Waals surface area contributed by atoms with Crippen LogP contribution in [0.4, 0.5) is 8.78 Å². The van der Waals surface area contributed by atoms with E-state index in [0.717, 1.165) is 24.3 Å². The highest BCUT2D eigenvalue weighted by Crippen LogP contribution is 2.16. The Morgan fingerprint density at radius 3 is 2.00 bits per heavy atom. The van der Waals surface area contributed by atoms with Gasteiger partial charge in [0.25, 0.3) is 9.05 Å². The molecule has 0 unspecified atom stereocenters. The summed E-state index contributed by atoms with van der Waals surface area (Å²) in [5.41, 5.74) is -0.255. The lowest BCUT2D eigenvalue weighted by molar-refractivity contribution is 0.0678. The first-order valence-electron chi connectivity index (χ1n) is 3.69. The van der Waals surface area contributed by atoms with Crippen molar-refractivity contribution >= 4 is 25.5 Å². The molecule has 0 atom stereocenters. The van der Waals surface area contributed by atoms with Crippen LogP contribution >= 0.6 is 10.7 Å². The zero-order chi connectivity index (χ0) is 11.6. The normalized spacial score (nSPS) is 11.7. The number of ketones is 1. The lowest BCUT2D eigenvalue weighted by Crippen LogP contribution is -2.10. The van der Waals surface area contributed by atoms with Crippen molar-refractivity contribution < 1.29 is 22.0 Å². The van der Waals surface area contributed by atoms with Gasteiger partial charge in [-0.3, -0.25) is 4.79 Å². The molecule has 0 aliphatic heterocycles. The molecule has 0 aliphatic carbocycles. The third-order valence-corrected chi connectivity index (χ3v) is 2.99. The van der Waals surface area contributed by atoms with Crippen LogP contribution in [0, 0.1) is 0 Å². The Balaban J connectivity index is 3.06. The van der Waals surface area contributed by atoms with Gasteiger partial charge in [0.1, 0.15) is 0 Å². The Kier molecular flexibility index (Phi) is 3.41. The van der Waals surface area contributed by atoms with Gasteiger partial charge in [-0.05, 0) is 24.3 Å². The second-order valence-electron chi connectivity index (χ2n) is 2.63. The van der Waals surface area contributed by atoms with Crippen LogP contribution in [0.1, 0.15) is 10.4 Å². The maximum atomic E-state index is 12.0. The van der Waals surface area contributed by atoms with Crippen LogP contribution < -0.4 is 0 Å². The second-order valence-corrected chi connectivity index (χ2v) is 5.19. The quantitative estimate of drug-likeness (QED) is 0.613. The van der Waals surface area contributed by atoms with Gasteiger partial charge < -0.3 is 0 Å². The van der Waals surface area contributed by atoms with Crippen molar-refractivity contribution in [3.63, 3.8) is 0 Å². The molecule has 7 heteroatoms. The van der Waals surface area contributed by atoms with Crippen molar-refractivity contribution in [1.29, 1.82) is 0 Å². The van der Waals surface area contributed by atoms with Crippen LogP contribution in [0.25, 0.3) is 0 Å². The monoisotopic (exact) mass is 254 g/mol. The van der Waals surface area contributed by atoms with Crippen LogP contribution in [0.5, 0.6) is 0 Å². The minimum Gasteiger partial charge on any atom is -0.288 e. The number of halogens is 3. The van der Waals surface area contributed by atoms with Gasteiger partial charge in [0.2, 0.25) is 5.78 Å². The lowest BCUT2D eigenvalue weighted by Gasteiger charge is -2.00. The summed E-state index contributed by atoms with van der Waals surface area (Å²) in [4.78, 5) is 10.5. The summed E-state index contributed by atoms with van der Waals surface area (Å²) in [5, 5.41) is 0. The maximum absolute atomic E-state index is 12.0. The molecular formula is C8H5ClF2O3S. The number of rotatable bonds is 3. The fourth-order valence-electron chi connectivity index (χ4n) is 0.908. The minimum absolute atomic E-state index is 0.241. The largest absolute Gasteiger partial charge is 0.300 e. The topological polar surface area (TPSA) is 51.2 Å². The van der Waals surface area contributed by atoms with Crippen molar-refractivity contribution in [3.05, 3.63) is 29.8 Å². The Bertz CT molecular complexity index is 467. The molecule has 0 heterocycles. The zero-order valence-corrected chi connectivity index (χ0v) is 8.73. The molecule has 1 aromatic carbocycles. The smallest absolute Gasteiger partial charge is 0.288 e. The van der Waals surface area contributed by atoms with Crippen molar-refractivity contribution in [2.24, 2.45) is 0 Å². The van der Waals surface area contributed by atoms with Crippen molar-refractivity contribution in [1.82, 2.24) is 0 Å². The number of alkyl halides is 2. The Labute approximate surface area is 89.1 Å². The zero-order valence-electron chi connectivity index (χ0n) is 7.15. The first-order valence-corrected chi connectivity index (χ1v) is 6.00. The first kappa shape index (κ1) is 12.1. The standard InChI is InChI=1S/C8H5ClF2O3S/c9-15(13,14)6-3-1-5(2-4-6)7(12)8(10)11/h1-4,8H. The van der Waals surface area contributed by atoms with E-state index in [1.165, 1.54) is 0 Å². The molecule has 0 radical (unpaired) electrons. The second kappa shape index (κ2) is 4.24. The summed E-state index contributed by atoms with van der Waals surface area (Å²) in [6, 6.07) is 3.98. The van der Waals surface area contributed by atoms with Crippen molar-refractivity contribution in [2.45, 2.75) is 11.3 Å². The summed E-state index contributed by atoms with van der Waals surface area (Å²) < 4.78 is 45.5. The third-order valence-electron chi connectivity index (χ3n) is 1.62. The number of Topliss-reactive ketones (excluding diaryl/α,β-unsaturated/α-hetero) is 1. The van der Waals surface area contributed by atoms with E-state index in [1.807, 2.05) is 0 Å². The molecule has 0 aromatic heterocycles. The molecule has 0 N–H and O–H groups in total. The van der Waals surface area contributed by atoms with E-state index in [2.05, 4.69) is 0 Å². The van der Waals surface area contributed by atoms with Crippen LogP contribution in [-0.4, -0.2) is 20.6 Å².